The molecule has 0 aliphatic carbocycles. The van der Waals surface area contributed by atoms with Crippen molar-refractivity contribution in [3.8, 4) is 5.69 Å². The van der Waals surface area contributed by atoms with Crippen molar-refractivity contribution in [1.29, 1.82) is 0 Å². The summed E-state index contributed by atoms with van der Waals surface area (Å²) in [5.74, 6) is -0.256. The third-order valence-corrected chi connectivity index (χ3v) is 7.33. The highest BCUT2D eigenvalue weighted by Gasteiger charge is 2.30. The van der Waals surface area contributed by atoms with E-state index in [4.69, 9.17) is 0 Å². The summed E-state index contributed by atoms with van der Waals surface area (Å²) in [4.78, 5) is 27.4. The summed E-state index contributed by atoms with van der Waals surface area (Å²) in [6.07, 6.45) is 8.41. The van der Waals surface area contributed by atoms with Crippen LogP contribution in [0.1, 0.15) is 37.6 Å². The summed E-state index contributed by atoms with van der Waals surface area (Å²) in [5, 5.41) is 15.9. The first kappa shape index (κ1) is 26.7. The maximum Gasteiger partial charge on any atom is 0.319 e. The summed E-state index contributed by atoms with van der Waals surface area (Å²) >= 11 is 2.70. The summed E-state index contributed by atoms with van der Waals surface area (Å²) in [5.41, 5.74) is 3.92. The second-order valence-corrected chi connectivity index (χ2v) is 11.0. The molecular weight excluding hydrogens is 504 g/mol. The van der Waals surface area contributed by atoms with Gasteiger partial charge in [-0.15, -0.1) is 23.7 Å². The van der Waals surface area contributed by atoms with Crippen LogP contribution < -0.4 is 4.90 Å². The molecule has 0 unspecified atom stereocenters. The molecule has 3 heterocycles. The fourth-order valence-electron chi connectivity index (χ4n) is 3.14. The number of nitrogens with zero attached hydrogens (tertiary/aromatic N) is 6. The van der Waals surface area contributed by atoms with Crippen LogP contribution in [-0.4, -0.2) is 40.6 Å². The summed E-state index contributed by atoms with van der Waals surface area (Å²) in [6, 6.07) is 9.96. The van der Waals surface area contributed by atoms with Gasteiger partial charge in [0.15, 0.2) is 4.34 Å². The molecule has 8 nitrogen and oxygen atoms in total. The van der Waals surface area contributed by atoms with Crippen molar-refractivity contribution in [2.24, 2.45) is 0 Å². The van der Waals surface area contributed by atoms with Gasteiger partial charge in [0.25, 0.3) is 0 Å². The van der Waals surface area contributed by atoms with Gasteiger partial charge in [0, 0.05) is 36.1 Å². The van der Waals surface area contributed by atoms with E-state index >= 15 is 0 Å². The molecule has 0 fully saturated rings. The smallest absolute Gasteiger partial charge is 0.319 e. The Morgan fingerprint density at radius 2 is 1.83 bits per heavy atom. The lowest BCUT2D eigenvalue weighted by Crippen LogP contribution is -2.27. The molecule has 4 aromatic rings. The van der Waals surface area contributed by atoms with E-state index in [1.165, 1.54) is 23.1 Å². The van der Waals surface area contributed by atoms with Gasteiger partial charge in [0.2, 0.25) is 5.95 Å². The first-order chi connectivity index (χ1) is 16.3. The average Bonchev–Trinajstić information content (AvgIpc) is 3.48. The Bertz CT molecular complexity index is 1240. The third kappa shape index (κ3) is 6.81. The van der Waals surface area contributed by atoms with Crippen LogP contribution in [0.15, 0.2) is 64.8 Å². The van der Waals surface area contributed by atoms with Gasteiger partial charge in [0.05, 0.1) is 24.1 Å². The zero-order valence-corrected chi connectivity index (χ0v) is 22.1. The largest absolute Gasteiger partial charge is 0.480 e. The van der Waals surface area contributed by atoms with Crippen LogP contribution in [0, 0.1) is 0 Å². The van der Waals surface area contributed by atoms with E-state index in [2.05, 4.69) is 31.9 Å². The van der Waals surface area contributed by atoms with E-state index in [0.717, 1.165) is 33.3 Å². The van der Waals surface area contributed by atoms with E-state index in [0.29, 0.717) is 19.0 Å². The number of benzene rings is 1. The normalized spacial score (nSPS) is 11.2. The van der Waals surface area contributed by atoms with Crippen molar-refractivity contribution in [2.75, 3.05) is 4.90 Å². The number of aromatic nitrogens is 5. The molecule has 1 N–H and O–H groups in total. The van der Waals surface area contributed by atoms with E-state index in [-0.39, 0.29) is 12.4 Å². The lowest BCUT2D eigenvalue weighted by molar-refractivity contribution is -0.138. The fourth-order valence-corrected chi connectivity index (χ4v) is 5.32. The molecule has 35 heavy (non-hydrogen) atoms. The van der Waals surface area contributed by atoms with Gasteiger partial charge >= 0.3 is 5.97 Å². The van der Waals surface area contributed by atoms with Gasteiger partial charge in [-0.3, -0.25) is 4.79 Å². The monoisotopic (exact) mass is 530 g/mol. The lowest BCUT2D eigenvalue weighted by Gasteiger charge is -2.21. The predicted octanol–water partition coefficient (Wildman–Crippen LogP) is 5.27. The van der Waals surface area contributed by atoms with Gasteiger partial charge in [0.1, 0.15) is 4.75 Å². The zero-order chi connectivity index (χ0) is 24.1. The van der Waals surface area contributed by atoms with Crippen LogP contribution in [0.2, 0.25) is 0 Å². The van der Waals surface area contributed by atoms with Gasteiger partial charge in [-0.25, -0.2) is 19.6 Å². The minimum absolute atomic E-state index is 0. The number of para-hydroxylation sites is 1. The first-order valence-corrected chi connectivity index (χ1v) is 12.6. The van der Waals surface area contributed by atoms with Crippen LogP contribution in [0.3, 0.4) is 0 Å². The minimum atomic E-state index is -0.945. The summed E-state index contributed by atoms with van der Waals surface area (Å²) < 4.78 is 1.63. The number of hydrogen-bond donors (Lipinski definition) is 1. The third-order valence-electron chi connectivity index (χ3n) is 5.15. The van der Waals surface area contributed by atoms with Crippen molar-refractivity contribution < 1.29 is 9.90 Å². The molecular formula is C24H27ClN6O2S2. The standard InChI is InChI=1S/C24H26N6O2S2.ClH/c1-4-17-10-25-22(26-11-17)29(13-18-12-27-30(14-18)20-8-6-5-7-9-20)15-19-16-33-23(28-19)34-24(2,3)21(31)32;/h5-12,14,16H,4,13,15H2,1-3H3,(H,31,32);1H. The predicted molar refractivity (Wildman–Crippen MR) is 142 cm³/mol. The number of anilines is 1. The molecule has 0 saturated carbocycles. The quantitative estimate of drug-likeness (QED) is 0.277. The van der Waals surface area contributed by atoms with Gasteiger partial charge in [-0.05, 0) is 38.0 Å². The SMILES string of the molecule is CCc1cnc(N(Cc2cnn(-c3ccccc3)c2)Cc2csc(SC(C)(C)C(=O)O)n2)nc1.Cl. The molecule has 3 aromatic heterocycles. The van der Waals surface area contributed by atoms with Gasteiger partial charge in [-0.1, -0.05) is 36.9 Å². The Hall–Kier alpha value is -2.95. The second-order valence-electron chi connectivity index (χ2n) is 8.25. The van der Waals surface area contributed by atoms with Crippen molar-refractivity contribution in [1.82, 2.24) is 24.7 Å². The highest BCUT2D eigenvalue weighted by Crippen LogP contribution is 2.35. The van der Waals surface area contributed by atoms with E-state index in [1.807, 2.05) is 65.2 Å². The van der Waals surface area contributed by atoms with Crippen LogP contribution in [0.5, 0.6) is 0 Å². The Morgan fingerprint density at radius 3 is 2.49 bits per heavy atom. The molecule has 0 aliphatic heterocycles. The summed E-state index contributed by atoms with van der Waals surface area (Å²) in [7, 11) is 0. The maximum absolute atomic E-state index is 11.5. The Balaban J connectivity index is 0.00000342. The molecule has 184 valence electrons. The molecule has 4 rings (SSSR count). The molecule has 0 aliphatic rings. The van der Waals surface area contributed by atoms with Crippen molar-refractivity contribution in [2.45, 2.75) is 49.4 Å². The van der Waals surface area contributed by atoms with Gasteiger partial charge in [-0.2, -0.15) is 5.10 Å². The first-order valence-electron chi connectivity index (χ1n) is 10.9. The van der Waals surface area contributed by atoms with E-state index in [1.54, 1.807) is 13.8 Å². The van der Waals surface area contributed by atoms with Crippen LogP contribution in [0.25, 0.3) is 5.69 Å². The Labute approximate surface area is 218 Å². The van der Waals surface area contributed by atoms with Crippen LogP contribution in [-0.2, 0) is 24.3 Å². The molecule has 0 spiro atoms. The number of carboxylic acids is 1. The molecule has 0 saturated heterocycles. The number of hydrogen-bond acceptors (Lipinski definition) is 8. The van der Waals surface area contributed by atoms with Crippen LogP contribution in [0.4, 0.5) is 5.95 Å². The Kier molecular flexibility index (Phi) is 8.87. The number of carbonyl (C=O) groups is 1. The second kappa shape index (κ2) is 11.7. The van der Waals surface area contributed by atoms with Gasteiger partial charge < -0.3 is 10.0 Å². The molecule has 0 atom stereocenters. The number of rotatable bonds is 10. The number of aryl methyl sites for hydroxylation is 1. The lowest BCUT2D eigenvalue weighted by atomic mass is 10.2. The maximum atomic E-state index is 11.5. The average molecular weight is 531 g/mol. The molecule has 1 aromatic carbocycles. The van der Waals surface area contributed by atoms with E-state index in [9.17, 15) is 9.90 Å². The number of thiazole rings is 1. The summed E-state index contributed by atoms with van der Waals surface area (Å²) in [6.45, 7) is 6.48. The molecule has 0 radical (unpaired) electrons. The molecule has 0 amide bonds. The minimum Gasteiger partial charge on any atom is -0.480 e. The number of aliphatic carboxylic acids is 1. The fraction of sp³-hybridized carbons (Fsp3) is 0.292. The van der Waals surface area contributed by atoms with E-state index < -0.39 is 10.7 Å². The number of halogens is 1. The topological polar surface area (TPSA) is 97.0 Å². The number of thioether (sulfide) groups is 1. The van der Waals surface area contributed by atoms with Crippen molar-refractivity contribution >= 4 is 47.4 Å². The number of carboxylic acid groups (broad SMARTS) is 1. The molecule has 11 heteroatoms. The molecule has 0 bridgehead atoms. The highest BCUT2D eigenvalue weighted by atomic mass is 35.5. The van der Waals surface area contributed by atoms with Crippen LogP contribution >= 0.6 is 35.5 Å². The highest BCUT2D eigenvalue weighted by molar-refractivity contribution is 8.03. The zero-order valence-electron chi connectivity index (χ0n) is 19.7. The van der Waals surface area contributed by atoms with Crippen molar-refractivity contribution in [3.05, 3.63) is 77.3 Å². The Morgan fingerprint density at radius 1 is 1.11 bits per heavy atom. The van der Waals surface area contributed by atoms with Crippen molar-refractivity contribution in [3.63, 3.8) is 0 Å².